The van der Waals surface area contributed by atoms with E-state index in [1.54, 1.807) is 0 Å². The highest BCUT2D eigenvalue weighted by Crippen LogP contribution is 2.36. The van der Waals surface area contributed by atoms with Gasteiger partial charge in [0.25, 0.3) is 0 Å². The van der Waals surface area contributed by atoms with Gasteiger partial charge in [0.1, 0.15) is 0 Å². The molecular formula is C16H23ClO. The van der Waals surface area contributed by atoms with Gasteiger partial charge in [0.05, 0.1) is 18.1 Å². The molecule has 1 aliphatic heterocycles. The van der Waals surface area contributed by atoms with Gasteiger partial charge in [-0.05, 0) is 37.3 Å². The highest BCUT2D eigenvalue weighted by molar-refractivity contribution is 6.21. The molecule has 0 aliphatic carbocycles. The van der Waals surface area contributed by atoms with Crippen molar-refractivity contribution in [1.82, 2.24) is 0 Å². The number of halogens is 1. The van der Waals surface area contributed by atoms with Crippen molar-refractivity contribution < 1.29 is 4.74 Å². The number of unbranched alkanes of at least 4 members (excludes halogenated alkanes) is 1. The third-order valence-electron chi connectivity index (χ3n) is 3.76. The first-order chi connectivity index (χ1) is 8.70. The predicted molar refractivity (Wildman–Crippen MR) is 77.2 cm³/mol. The van der Waals surface area contributed by atoms with E-state index >= 15 is 0 Å². The molecule has 0 saturated carbocycles. The number of aryl methyl sites for hydroxylation is 1. The van der Waals surface area contributed by atoms with E-state index in [1.807, 2.05) is 0 Å². The van der Waals surface area contributed by atoms with E-state index in [0.29, 0.717) is 12.0 Å². The topological polar surface area (TPSA) is 9.23 Å². The van der Waals surface area contributed by atoms with Gasteiger partial charge in [-0.3, -0.25) is 0 Å². The van der Waals surface area contributed by atoms with Crippen molar-refractivity contribution in [2.24, 2.45) is 5.92 Å². The standard InChI is InChI=1S/C16H23ClO/c1-3-4-5-13-6-8-14(9-7-13)16(17)15-10-12(2)18-11-15/h6-9,12,15-16H,3-5,10-11H2,1-2H3. The first-order valence-corrected chi connectivity index (χ1v) is 7.49. The van der Waals surface area contributed by atoms with E-state index in [-0.39, 0.29) is 5.38 Å². The van der Waals surface area contributed by atoms with Crippen LogP contribution in [-0.2, 0) is 11.2 Å². The molecule has 0 radical (unpaired) electrons. The molecule has 1 heterocycles. The van der Waals surface area contributed by atoms with E-state index in [2.05, 4.69) is 38.1 Å². The Labute approximate surface area is 115 Å². The molecule has 2 heteroatoms. The van der Waals surface area contributed by atoms with Gasteiger partial charge >= 0.3 is 0 Å². The maximum Gasteiger partial charge on any atom is 0.0636 e. The zero-order valence-electron chi connectivity index (χ0n) is 11.4. The van der Waals surface area contributed by atoms with Gasteiger partial charge in [-0.2, -0.15) is 0 Å². The van der Waals surface area contributed by atoms with Gasteiger partial charge in [-0.15, -0.1) is 11.6 Å². The van der Waals surface area contributed by atoms with Crippen molar-refractivity contribution in [3.8, 4) is 0 Å². The second-order valence-corrected chi connectivity index (χ2v) is 5.86. The molecule has 0 spiro atoms. The lowest BCUT2D eigenvalue weighted by atomic mass is 9.95. The molecule has 0 bridgehead atoms. The van der Waals surface area contributed by atoms with Crippen molar-refractivity contribution in [3.05, 3.63) is 35.4 Å². The van der Waals surface area contributed by atoms with E-state index in [4.69, 9.17) is 16.3 Å². The second-order valence-electron chi connectivity index (χ2n) is 5.39. The summed E-state index contributed by atoms with van der Waals surface area (Å²) in [5.41, 5.74) is 2.65. The third-order valence-corrected chi connectivity index (χ3v) is 4.37. The Kier molecular flexibility index (Phi) is 5.08. The monoisotopic (exact) mass is 266 g/mol. The number of ether oxygens (including phenoxy) is 1. The lowest BCUT2D eigenvalue weighted by molar-refractivity contribution is 0.120. The molecule has 18 heavy (non-hydrogen) atoms. The SMILES string of the molecule is CCCCc1ccc(C(Cl)C2COC(C)C2)cc1. The van der Waals surface area contributed by atoms with Crippen molar-refractivity contribution in [3.63, 3.8) is 0 Å². The summed E-state index contributed by atoms with van der Waals surface area (Å²) in [6.07, 6.45) is 5.12. The van der Waals surface area contributed by atoms with Crippen LogP contribution in [0.2, 0.25) is 0 Å². The van der Waals surface area contributed by atoms with Crippen molar-refractivity contribution in [1.29, 1.82) is 0 Å². The molecule has 0 amide bonds. The lowest BCUT2D eigenvalue weighted by Crippen LogP contribution is -2.08. The van der Waals surface area contributed by atoms with Crippen molar-refractivity contribution >= 4 is 11.6 Å². The molecule has 0 aromatic heterocycles. The molecule has 1 aromatic carbocycles. The quantitative estimate of drug-likeness (QED) is 0.700. The Balaban J connectivity index is 1.96. The predicted octanol–water partition coefficient (Wildman–Crippen LogP) is 4.73. The molecule has 1 nitrogen and oxygen atoms in total. The normalized spacial score (nSPS) is 25.3. The Morgan fingerprint density at radius 2 is 2.06 bits per heavy atom. The van der Waals surface area contributed by atoms with E-state index < -0.39 is 0 Å². The van der Waals surface area contributed by atoms with Crippen molar-refractivity contribution in [2.75, 3.05) is 6.61 Å². The van der Waals surface area contributed by atoms with Gasteiger partial charge in [0.15, 0.2) is 0 Å². The molecule has 3 unspecified atom stereocenters. The summed E-state index contributed by atoms with van der Waals surface area (Å²) >= 11 is 6.55. The summed E-state index contributed by atoms with van der Waals surface area (Å²) in [6, 6.07) is 8.82. The van der Waals surface area contributed by atoms with Crippen LogP contribution in [0.1, 0.15) is 49.6 Å². The number of hydrogen-bond acceptors (Lipinski definition) is 1. The molecule has 1 fully saturated rings. The second kappa shape index (κ2) is 6.58. The summed E-state index contributed by atoms with van der Waals surface area (Å²) < 4.78 is 5.60. The van der Waals surface area contributed by atoms with E-state index in [1.165, 1.54) is 30.4 Å². The molecule has 1 aliphatic rings. The third kappa shape index (κ3) is 3.49. The van der Waals surface area contributed by atoms with Crippen LogP contribution in [0.4, 0.5) is 0 Å². The van der Waals surface area contributed by atoms with Gasteiger partial charge < -0.3 is 4.74 Å². The number of benzene rings is 1. The molecule has 2 rings (SSSR count). The van der Waals surface area contributed by atoms with Crippen molar-refractivity contribution in [2.45, 2.75) is 51.0 Å². The van der Waals surface area contributed by atoms with Gasteiger partial charge in [0, 0.05) is 5.92 Å². The highest BCUT2D eigenvalue weighted by atomic mass is 35.5. The Morgan fingerprint density at radius 3 is 2.61 bits per heavy atom. The molecule has 1 saturated heterocycles. The molecule has 3 atom stereocenters. The van der Waals surface area contributed by atoms with E-state index in [0.717, 1.165) is 13.0 Å². The summed E-state index contributed by atoms with van der Waals surface area (Å²) in [5.74, 6) is 0.461. The minimum atomic E-state index is 0.0928. The number of hydrogen-bond donors (Lipinski definition) is 0. The molecule has 0 N–H and O–H groups in total. The smallest absolute Gasteiger partial charge is 0.0636 e. The summed E-state index contributed by atoms with van der Waals surface area (Å²) in [4.78, 5) is 0. The zero-order chi connectivity index (χ0) is 13.0. The first kappa shape index (κ1) is 13.9. The maximum absolute atomic E-state index is 6.55. The molecule has 100 valence electrons. The number of alkyl halides is 1. The van der Waals surface area contributed by atoms with Crippen LogP contribution in [0.3, 0.4) is 0 Å². The average Bonchev–Trinajstić information content (AvgIpc) is 2.83. The Morgan fingerprint density at radius 1 is 1.33 bits per heavy atom. The zero-order valence-corrected chi connectivity index (χ0v) is 12.1. The van der Waals surface area contributed by atoms with Crippen LogP contribution < -0.4 is 0 Å². The Bertz CT molecular complexity index is 360. The maximum atomic E-state index is 6.55. The largest absolute Gasteiger partial charge is 0.378 e. The average molecular weight is 267 g/mol. The van der Waals surface area contributed by atoms with Gasteiger partial charge in [-0.1, -0.05) is 37.6 Å². The van der Waals surface area contributed by atoms with Gasteiger partial charge in [-0.25, -0.2) is 0 Å². The summed E-state index contributed by atoms with van der Waals surface area (Å²) in [6.45, 7) is 5.15. The highest BCUT2D eigenvalue weighted by Gasteiger charge is 2.29. The van der Waals surface area contributed by atoms with Crippen LogP contribution in [-0.4, -0.2) is 12.7 Å². The minimum Gasteiger partial charge on any atom is -0.378 e. The molecule has 1 aromatic rings. The fraction of sp³-hybridized carbons (Fsp3) is 0.625. The summed E-state index contributed by atoms with van der Waals surface area (Å²) in [7, 11) is 0. The van der Waals surface area contributed by atoms with Crippen LogP contribution in [0.25, 0.3) is 0 Å². The fourth-order valence-electron chi connectivity index (χ4n) is 2.58. The van der Waals surface area contributed by atoms with Crippen LogP contribution in [0.5, 0.6) is 0 Å². The Hall–Kier alpha value is -0.530. The number of rotatable bonds is 5. The van der Waals surface area contributed by atoms with Crippen LogP contribution >= 0.6 is 11.6 Å². The van der Waals surface area contributed by atoms with Gasteiger partial charge in [0.2, 0.25) is 0 Å². The summed E-state index contributed by atoms with van der Waals surface area (Å²) in [5, 5.41) is 0.0928. The lowest BCUT2D eigenvalue weighted by Gasteiger charge is -2.16. The van der Waals surface area contributed by atoms with Crippen LogP contribution in [0.15, 0.2) is 24.3 Å². The minimum absolute atomic E-state index is 0.0928. The first-order valence-electron chi connectivity index (χ1n) is 7.05. The van der Waals surface area contributed by atoms with E-state index in [9.17, 15) is 0 Å². The molecular weight excluding hydrogens is 244 g/mol. The van der Waals surface area contributed by atoms with Crippen LogP contribution in [0, 0.1) is 5.92 Å². The fourth-order valence-corrected chi connectivity index (χ4v) is 2.90.